The van der Waals surface area contributed by atoms with Crippen molar-refractivity contribution in [1.82, 2.24) is 0 Å². The van der Waals surface area contributed by atoms with Crippen molar-refractivity contribution in [3.63, 3.8) is 0 Å². The summed E-state index contributed by atoms with van der Waals surface area (Å²) < 4.78 is 0. The Balaban J connectivity index is 2.14. The molecule has 0 N–H and O–H groups in total. The van der Waals surface area contributed by atoms with Gasteiger partial charge in [-0.3, -0.25) is 0 Å². The molecule has 1 heterocycles. The summed E-state index contributed by atoms with van der Waals surface area (Å²) in [6.45, 7) is 17.4. The quantitative estimate of drug-likeness (QED) is 0.518. The van der Waals surface area contributed by atoms with Crippen molar-refractivity contribution < 1.29 is 0 Å². The van der Waals surface area contributed by atoms with Crippen LogP contribution in [0.5, 0.6) is 0 Å². The molecule has 2 heteroatoms. The van der Waals surface area contributed by atoms with Gasteiger partial charge in [0.2, 0.25) is 0 Å². The maximum absolute atomic E-state index is 2.62. The third-order valence-corrected chi connectivity index (χ3v) is 13.8. The molecule has 2 aliphatic carbocycles. The van der Waals surface area contributed by atoms with Crippen LogP contribution >= 0.6 is 0 Å². The van der Waals surface area contributed by atoms with Crippen molar-refractivity contribution in [2.75, 3.05) is 0 Å². The van der Waals surface area contributed by atoms with Gasteiger partial charge in [-0.1, -0.05) is 91.5 Å². The van der Waals surface area contributed by atoms with Gasteiger partial charge in [0.25, 0.3) is 0 Å². The zero-order valence-electron chi connectivity index (χ0n) is 14.1. The molecule has 108 valence electrons. The largest absolute Gasteiger partial charge is 0.111 e. The van der Waals surface area contributed by atoms with E-state index in [1.54, 1.807) is 16.0 Å². The van der Waals surface area contributed by atoms with Crippen molar-refractivity contribution in [2.24, 2.45) is 5.41 Å². The molecule has 0 unspecified atom stereocenters. The van der Waals surface area contributed by atoms with Gasteiger partial charge in [-0.15, -0.1) is 0 Å². The van der Waals surface area contributed by atoms with Crippen LogP contribution in [0.2, 0.25) is 26.2 Å². The van der Waals surface area contributed by atoms with E-state index in [1.165, 1.54) is 12.8 Å². The monoisotopic (exact) mass is 300 g/mol. The molecule has 0 saturated carbocycles. The summed E-state index contributed by atoms with van der Waals surface area (Å²) in [4.78, 5) is 0. The molecule has 3 aliphatic rings. The first-order chi connectivity index (χ1) is 9.06. The highest BCUT2D eigenvalue weighted by atomic mass is 28.3. The van der Waals surface area contributed by atoms with Gasteiger partial charge >= 0.3 is 0 Å². The smallest absolute Gasteiger partial charge is 0.0810 e. The zero-order valence-corrected chi connectivity index (χ0v) is 16.1. The van der Waals surface area contributed by atoms with Crippen LogP contribution in [0.1, 0.15) is 33.6 Å². The van der Waals surface area contributed by atoms with E-state index in [4.69, 9.17) is 0 Å². The van der Waals surface area contributed by atoms with E-state index in [9.17, 15) is 0 Å². The summed E-state index contributed by atoms with van der Waals surface area (Å²) in [6, 6.07) is 0. The molecule has 0 aromatic rings. The van der Waals surface area contributed by atoms with Crippen LogP contribution in [-0.4, -0.2) is 16.1 Å². The Morgan fingerprint density at radius 2 is 1.55 bits per heavy atom. The summed E-state index contributed by atoms with van der Waals surface area (Å²) >= 11 is 0. The molecule has 20 heavy (non-hydrogen) atoms. The lowest BCUT2D eigenvalue weighted by molar-refractivity contribution is 0.495. The van der Waals surface area contributed by atoms with Gasteiger partial charge in [0.05, 0.1) is 0 Å². The van der Waals surface area contributed by atoms with E-state index < -0.39 is 16.1 Å². The molecule has 0 aromatic carbocycles. The molecule has 0 amide bonds. The standard InChI is InChI=1S/C18H28Si2/c1-18(2,3)13-11-16-17(12-13)20(6,7)15-10-8-9-14(15)19(16,4)5/h8-9,11H,10,12H2,1-7H3. The molecular formula is C18H28Si2. The van der Waals surface area contributed by atoms with Crippen LogP contribution in [0.25, 0.3) is 0 Å². The van der Waals surface area contributed by atoms with Crippen LogP contribution < -0.4 is 0 Å². The van der Waals surface area contributed by atoms with E-state index >= 15 is 0 Å². The van der Waals surface area contributed by atoms with Crippen molar-refractivity contribution in [3.05, 3.63) is 44.6 Å². The van der Waals surface area contributed by atoms with Gasteiger partial charge in [-0.25, -0.2) is 0 Å². The second-order valence-corrected chi connectivity index (χ2v) is 17.5. The Hall–Kier alpha value is -0.606. The number of hydrogen-bond acceptors (Lipinski definition) is 0. The molecule has 0 nitrogen and oxygen atoms in total. The lowest BCUT2D eigenvalue weighted by atomic mass is 9.86. The average molecular weight is 301 g/mol. The Labute approximate surface area is 126 Å². The minimum absolute atomic E-state index is 0.326. The zero-order chi connectivity index (χ0) is 14.9. The van der Waals surface area contributed by atoms with Crippen molar-refractivity contribution in [3.8, 4) is 0 Å². The third kappa shape index (κ3) is 1.77. The summed E-state index contributed by atoms with van der Waals surface area (Å²) in [6.07, 6.45) is 10.0. The Morgan fingerprint density at radius 3 is 2.15 bits per heavy atom. The third-order valence-electron chi connectivity index (χ3n) is 5.76. The molecule has 0 radical (unpaired) electrons. The van der Waals surface area contributed by atoms with Crippen LogP contribution in [0.4, 0.5) is 0 Å². The van der Waals surface area contributed by atoms with Gasteiger partial charge in [0.15, 0.2) is 0 Å². The van der Waals surface area contributed by atoms with E-state index in [-0.39, 0.29) is 0 Å². The fourth-order valence-electron chi connectivity index (χ4n) is 4.20. The summed E-state index contributed by atoms with van der Waals surface area (Å²) in [5.41, 5.74) is 2.00. The Morgan fingerprint density at radius 1 is 0.900 bits per heavy atom. The van der Waals surface area contributed by atoms with E-state index in [0.717, 1.165) is 0 Å². The van der Waals surface area contributed by atoms with E-state index in [1.807, 2.05) is 10.4 Å². The maximum Gasteiger partial charge on any atom is 0.111 e. The molecule has 0 spiro atoms. The molecule has 0 saturated heterocycles. The van der Waals surface area contributed by atoms with E-state index in [0.29, 0.717) is 5.41 Å². The molecule has 0 fully saturated rings. The van der Waals surface area contributed by atoms with Gasteiger partial charge in [0, 0.05) is 0 Å². The van der Waals surface area contributed by atoms with Gasteiger partial charge in [0.1, 0.15) is 16.1 Å². The topological polar surface area (TPSA) is 0 Å². The lowest BCUT2D eigenvalue weighted by Gasteiger charge is -2.41. The number of hydrogen-bond donors (Lipinski definition) is 0. The highest BCUT2D eigenvalue weighted by molar-refractivity contribution is 7.02. The molecular weight excluding hydrogens is 272 g/mol. The van der Waals surface area contributed by atoms with Gasteiger partial charge in [-0.05, 0) is 18.3 Å². The number of allylic oxidation sites excluding steroid dienone is 8. The lowest BCUT2D eigenvalue weighted by Crippen LogP contribution is -2.45. The first-order valence-corrected chi connectivity index (χ1v) is 13.9. The summed E-state index contributed by atoms with van der Waals surface area (Å²) in [5, 5.41) is 7.31. The van der Waals surface area contributed by atoms with Gasteiger partial charge < -0.3 is 0 Å². The molecule has 0 atom stereocenters. The maximum atomic E-state index is 2.62. The Kier molecular flexibility index (Phi) is 2.85. The van der Waals surface area contributed by atoms with Crippen LogP contribution in [0.15, 0.2) is 44.6 Å². The van der Waals surface area contributed by atoms with Crippen molar-refractivity contribution in [2.45, 2.75) is 59.8 Å². The minimum atomic E-state index is -1.43. The number of rotatable bonds is 0. The first-order valence-electron chi connectivity index (χ1n) is 7.92. The van der Waals surface area contributed by atoms with Crippen LogP contribution in [0.3, 0.4) is 0 Å². The second kappa shape index (κ2) is 3.98. The van der Waals surface area contributed by atoms with E-state index in [2.05, 4.69) is 65.2 Å². The molecule has 3 rings (SSSR count). The fraction of sp³-hybridized carbons (Fsp3) is 0.556. The molecule has 1 aliphatic heterocycles. The second-order valence-electron chi connectivity index (χ2n) is 8.74. The Bertz CT molecular complexity index is 602. The predicted octanol–water partition coefficient (Wildman–Crippen LogP) is 5.50. The fourth-order valence-corrected chi connectivity index (χ4v) is 14.1. The molecule has 0 aromatic heterocycles. The highest BCUT2D eigenvalue weighted by Gasteiger charge is 2.48. The minimum Gasteiger partial charge on any atom is -0.0810 e. The summed E-state index contributed by atoms with van der Waals surface area (Å²) in [5.74, 6) is 0. The van der Waals surface area contributed by atoms with Crippen LogP contribution in [0, 0.1) is 5.41 Å². The van der Waals surface area contributed by atoms with Crippen LogP contribution in [-0.2, 0) is 0 Å². The SMILES string of the molecule is CC(C)(C)C1=CC2=C(C1)[Si](C)(C)C1=C(C=CC1)[Si]2(C)C. The summed E-state index contributed by atoms with van der Waals surface area (Å²) in [7, 11) is -2.81. The predicted molar refractivity (Wildman–Crippen MR) is 94.9 cm³/mol. The highest BCUT2D eigenvalue weighted by Crippen LogP contribution is 2.52. The first kappa shape index (κ1) is 14.3. The van der Waals surface area contributed by atoms with Crippen molar-refractivity contribution in [1.29, 1.82) is 0 Å². The van der Waals surface area contributed by atoms with Crippen molar-refractivity contribution >= 4 is 16.1 Å². The normalized spacial score (nSPS) is 26.9. The average Bonchev–Trinajstić information content (AvgIpc) is 2.95. The van der Waals surface area contributed by atoms with Gasteiger partial charge in [-0.2, -0.15) is 0 Å². The molecule has 0 bridgehead atoms.